The van der Waals surface area contributed by atoms with Crippen molar-refractivity contribution < 1.29 is 15.0 Å². The minimum atomic E-state index is -1.55. The van der Waals surface area contributed by atoms with Crippen LogP contribution in [0.5, 0.6) is 0 Å². The summed E-state index contributed by atoms with van der Waals surface area (Å²) in [4.78, 5) is 11.0. The molecule has 0 amide bonds. The maximum atomic E-state index is 11.0. The van der Waals surface area contributed by atoms with Crippen molar-refractivity contribution in [3.05, 3.63) is 33.8 Å². The second kappa shape index (κ2) is 4.00. The molecule has 0 heterocycles. The monoisotopic (exact) mass is 244 g/mol. The number of Topliss-reactive ketones (excluding diaryl/α,β-unsaturated/α-hetero) is 1. The van der Waals surface area contributed by atoms with Crippen LogP contribution in [-0.2, 0) is 0 Å². The number of carbonyl (C=O) groups excluding carboxylic acids is 1. The van der Waals surface area contributed by atoms with Crippen molar-refractivity contribution in [2.45, 2.75) is 13.2 Å². The van der Waals surface area contributed by atoms with Gasteiger partial charge < -0.3 is 10.2 Å². The predicted molar refractivity (Wildman–Crippen MR) is 51.3 cm³/mol. The van der Waals surface area contributed by atoms with Crippen molar-refractivity contribution in [2.24, 2.45) is 0 Å². The van der Waals surface area contributed by atoms with Gasteiger partial charge in [0.1, 0.15) is 0 Å². The van der Waals surface area contributed by atoms with E-state index < -0.39 is 6.29 Å². The number of carbonyl (C=O) groups is 1. The maximum absolute atomic E-state index is 11.0. The highest BCUT2D eigenvalue weighted by Gasteiger charge is 2.07. The van der Waals surface area contributed by atoms with E-state index >= 15 is 0 Å². The van der Waals surface area contributed by atoms with Crippen LogP contribution in [0.4, 0.5) is 0 Å². The van der Waals surface area contributed by atoms with Gasteiger partial charge in [-0.15, -0.1) is 0 Å². The first-order valence-corrected chi connectivity index (χ1v) is 4.47. The Kier molecular flexibility index (Phi) is 3.19. The summed E-state index contributed by atoms with van der Waals surface area (Å²) in [6.45, 7) is 1.43. The summed E-state index contributed by atoms with van der Waals surface area (Å²) in [5, 5.41) is 17.8. The molecule has 70 valence electrons. The molecule has 1 aromatic carbocycles. The Morgan fingerprint density at radius 2 is 2.00 bits per heavy atom. The Balaban J connectivity index is 3.19. The van der Waals surface area contributed by atoms with E-state index in [9.17, 15) is 4.79 Å². The molecule has 0 aliphatic rings. The fraction of sp³-hybridized carbons (Fsp3) is 0.222. The maximum Gasteiger partial charge on any atom is 0.178 e. The van der Waals surface area contributed by atoms with Crippen LogP contribution in [0.1, 0.15) is 29.1 Å². The van der Waals surface area contributed by atoms with Crippen molar-refractivity contribution in [3.8, 4) is 0 Å². The van der Waals surface area contributed by atoms with Gasteiger partial charge in [-0.25, -0.2) is 0 Å². The van der Waals surface area contributed by atoms with Crippen LogP contribution in [0.15, 0.2) is 22.7 Å². The van der Waals surface area contributed by atoms with Crippen molar-refractivity contribution in [2.75, 3.05) is 0 Å². The van der Waals surface area contributed by atoms with Crippen molar-refractivity contribution in [3.63, 3.8) is 0 Å². The lowest BCUT2D eigenvalue weighted by Gasteiger charge is -2.06. The standard InChI is InChI=1S/C9H9BrO3/c1-5(11)6-2-7(9(12)13)4-8(10)3-6/h2-4,9,12-13H,1H3. The number of aliphatic hydroxyl groups is 2. The topological polar surface area (TPSA) is 57.5 Å². The lowest BCUT2D eigenvalue weighted by molar-refractivity contribution is -0.0425. The Bertz CT molecular complexity index is 334. The smallest absolute Gasteiger partial charge is 0.178 e. The first-order chi connectivity index (χ1) is 6.00. The molecule has 0 atom stereocenters. The molecule has 0 bridgehead atoms. The van der Waals surface area contributed by atoms with Crippen molar-refractivity contribution in [1.82, 2.24) is 0 Å². The Hall–Kier alpha value is -0.710. The largest absolute Gasteiger partial charge is 0.364 e. The first-order valence-electron chi connectivity index (χ1n) is 3.68. The van der Waals surface area contributed by atoms with E-state index in [1.165, 1.54) is 13.0 Å². The lowest BCUT2D eigenvalue weighted by Crippen LogP contribution is -1.99. The summed E-state index contributed by atoms with van der Waals surface area (Å²) in [7, 11) is 0. The molecule has 0 radical (unpaired) electrons. The van der Waals surface area contributed by atoms with Crippen LogP contribution in [-0.4, -0.2) is 16.0 Å². The molecule has 4 heteroatoms. The summed E-state index contributed by atoms with van der Waals surface area (Å²) < 4.78 is 0.656. The quantitative estimate of drug-likeness (QED) is 0.615. The van der Waals surface area contributed by atoms with Gasteiger partial charge in [-0.2, -0.15) is 0 Å². The minimum absolute atomic E-state index is 0.108. The molecule has 0 aliphatic heterocycles. The van der Waals surface area contributed by atoms with Gasteiger partial charge in [-0.1, -0.05) is 15.9 Å². The molecule has 0 aliphatic carbocycles. The summed E-state index contributed by atoms with van der Waals surface area (Å²) in [6.07, 6.45) is -1.55. The van der Waals surface area contributed by atoms with Crippen LogP contribution >= 0.6 is 15.9 Å². The van der Waals surface area contributed by atoms with Crippen LogP contribution in [0, 0.1) is 0 Å². The first kappa shape index (κ1) is 10.4. The van der Waals surface area contributed by atoms with E-state index in [0.29, 0.717) is 15.6 Å². The van der Waals surface area contributed by atoms with Gasteiger partial charge in [0.25, 0.3) is 0 Å². The van der Waals surface area contributed by atoms with Gasteiger partial charge in [0.15, 0.2) is 12.1 Å². The number of halogens is 1. The normalized spacial score (nSPS) is 10.5. The fourth-order valence-electron chi connectivity index (χ4n) is 0.965. The zero-order valence-electron chi connectivity index (χ0n) is 6.99. The molecular weight excluding hydrogens is 236 g/mol. The van der Waals surface area contributed by atoms with Gasteiger partial charge in [-0.05, 0) is 25.1 Å². The van der Waals surface area contributed by atoms with Crippen molar-refractivity contribution >= 4 is 21.7 Å². The van der Waals surface area contributed by atoms with Crippen LogP contribution in [0.3, 0.4) is 0 Å². The number of benzene rings is 1. The van der Waals surface area contributed by atoms with Gasteiger partial charge in [-0.3, -0.25) is 4.79 Å². The van der Waals surface area contributed by atoms with E-state index in [2.05, 4.69) is 15.9 Å². The van der Waals surface area contributed by atoms with E-state index in [1.807, 2.05) is 0 Å². The molecule has 0 aromatic heterocycles. The second-order valence-corrected chi connectivity index (χ2v) is 3.62. The molecule has 13 heavy (non-hydrogen) atoms. The van der Waals surface area contributed by atoms with Crippen molar-refractivity contribution in [1.29, 1.82) is 0 Å². The Labute approximate surface area is 84.1 Å². The average Bonchev–Trinajstić information content (AvgIpc) is 2.03. The molecule has 1 aromatic rings. The Morgan fingerprint density at radius 1 is 1.38 bits per heavy atom. The molecule has 0 unspecified atom stereocenters. The van der Waals surface area contributed by atoms with Gasteiger partial charge >= 0.3 is 0 Å². The molecule has 1 rings (SSSR count). The third-order valence-electron chi connectivity index (χ3n) is 1.62. The highest BCUT2D eigenvalue weighted by Crippen LogP contribution is 2.19. The summed E-state index contributed by atoms with van der Waals surface area (Å²) in [5.74, 6) is -0.108. The second-order valence-electron chi connectivity index (χ2n) is 2.70. The van der Waals surface area contributed by atoms with E-state index in [1.54, 1.807) is 12.1 Å². The van der Waals surface area contributed by atoms with Crippen LogP contribution < -0.4 is 0 Å². The third kappa shape index (κ3) is 2.62. The van der Waals surface area contributed by atoms with Gasteiger partial charge in [0.2, 0.25) is 0 Å². The van der Waals surface area contributed by atoms with Crippen LogP contribution in [0.2, 0.25) is 0 Å². The minimum Gasteiger partial charge on any atom is -0.364 e. The number of hydrogen-bond donors (Lipinski definition) is 2. The number of rotatable bonds is 2. The summed E-state index contributed by atoms with van der Waals surface area (Å²) in [5.41, 5.74) is 0.761. The fourth-order valence-corrected chi connectivity index (χ4v) is 1.48. The van der Waals surface area contributed by atoms with Gasteiger partial charge in [0.05, 0.1) is 0 Å². The molecule has 3 nitrogen and oxygen atoms in total. The highest BCUT2D eigenvalue weighted by atomic mass is 79.9. The highest BCUT2D eigenvalue weighted by molar-refractivity contribution is 9.10. The number of ketones is 1. The zero-order chi connectivity index (χ0) is 10.0. The third-order valence-corrected chi connectivity index (χ3v) is 2.08. The number of aliphatic hydroxyl groups excluding tert-OH is 1. The number of hydrogen-bond acceptors (Lipinski definition) is 3. The zero-order valence-corrected chi connectivity index (χ0v) is 8.58. The molecule has 0 saturated heterocycles. The molecule has 0 spiro atoms. The van der Waals surface area contributed by atoms with Crippen LogP contribution in [0.25, 0.3) is 0 Å². The molecule has 2 N–H and O–H groups in total. The predicted octanol–water partition coefficient (Wildman–Crippen LogP) is 1.63. The summed E-state index contributed by atoms with van der Waals surface area (Å²) in [6, 6.07) is 4.64. The summed E-state index contributed by atoms with van der Waals surface area (Å²) >= 11 is 3.18. The average molecular weight is 245 g/mol. The SMILES string of the molecule is CC(=O)c1cc(Br)cc(C(O)O)c1. The molecule has 0 fully saturated rings. The Morgan fingerprint density at radius 3 is 2.46 bits per heavy atom. The van der Waals surface area contributed by atoms with Gasteiger partial charge in [0, 0.05) is 15.6 Å². The lowest BCUT2D eigenvalue weighted by atomic mass is 10.1. The van der Waals surface area contributed by atoms with E-state index in [4.69, 9.17) is 10.2 Å². The molecular formula is C9H9BrO3. The van der Waals surface area contributed by atoms with E-state index in [0.717, 1.165) is 0 Å². The molecule has 0 saturated carbocycles. The van der Waals surface area contributed by atoms with E-state index in [-0.39, 0.29) is 5.78 Å².